The van der Waals surface area contributed by atoms with Gasteiger partial charge in [0.05, 0.1) is 18.4 Å². The predicted octanol–water partition coefficient (Wildman–Crippen LogP) is 3.01. The first-order chi connectivity index (χ1) is 13.5. The summed E-state index contributed by atoms with van der Waals surface area (Å²) in [5.74, 6) is -1.06. The molecule has 8 heteroatoms. The number of carbonyl (C=O) groups excluding carboxylic acids is 2. The summed E-state index contributed by atoms with van der Waals surface area (Å²) in [6.07, 6.45) is 1.68. The summed E-state index contributed by atoms with van der Waals surface area (Å²) < 4.78 is 1.58. The second-order valence-electron chi connectivity index (χ2n) is 6.37. The first-order valence-electron chi connectivity index (χ1n) is 8.59. The van der Waals surface area contributed by atoms with Crippen molar-refractivity contribution in [1.29, 1.82) is 0 Å². The van der Waals surface area contributed by atoms with Crippen LogP contribution in [0.2, 0.25) is 0 Å². The molecule has 2 aromatic carbocycles. The van der Waals surface area contributed by atoms with Crippen LogP contribution < -0.4 is 5.32 Å². The molecule has 1 N–H and O–H groups in total. The molecular weight excluding hydrogens is 378 g/mol. The maximum atomic E-state index is 12.7. The molecule has 0 radical (unpaired) electrons. The van der Waals surface area contributed by atoms with E-state index in [-0.39, 0.29) is 17.3 Å². The lowest BCUT2D eigenvalue weighted by Gasteiger charge is -2.13. The van der Waals surface area contributed by atoms with Crippen molar-refractivity contribution in [3.05, 3.63) is 82.8 Å². The summed E-state index contributed by atoms with van der Waals surface area (Å²) >= 11 is 6.13. The molecule has 1 aliphatic rings. The molecule has 1 aliphatic heterocycles. The second-order valence-corrected chi connectivity index (χ2v) is 6.74. The van der Waals surface area contributed by atoms with Gasteiger partial charge in [0.2, 0.25) is 0 Å². The number of rotatable bonds is 5. The third-order valence-electron chi connectivity index (χ3n) is 4.31. The Kier molecular flexibility index (Phi) is 4.67. The maximum absolute atomic E-state index is 12.7. The van der Waals surface area contributed by atoms with E-state index in [9.17, 15) is 9.59 Å². The quantitative estimate of drug-likeness (QED) is 0.674. The van der Waals surface area contributed by atoms with E-state index in [2.05, 4.69) is 15.6 Å². The summed E-state index contributed by atoms with van der Waals surface area (Å²) in [7, 11) is 0. The van der Waals surface area contributed by atoms with Gasteiger partial charge in [-0.2, -0.15) is 0 Å². The predicted molar refractivity (Wildman–Crippen MR) is 105 cm³/mol. The monoisotopic (exact) mass is 393 g/mol. The Morgan fingerprint density at radius 1 is 1.00 bits per heavy atom. The molecule has 2 heterocycles. The van der Waals surface area contributed by atoms with Gasteiger partial charge in [-0.25, -0.2) is 4.68 Å². The van der Waals surface area contributed by atoms with Gasteiger partial charge in [0, 0.05) is 5.69 Å². The van der Waals surface area contributed by atoms with Crippen LogP contribution in [0.5, 0.6) is 0 Å². The van der Waals surface area contributed by atoms with Gasteiger partial charge in [-0.3, -0.25) is 14.5 Å². The molecule has 3 aromatic rings. The molecule has 0 unspecified atom stereocenters. The topological polar surface area (TPSA) is 80.1 Å². The fraction of sp³-hybridized carbons (Fsp3) is 0.100. The Morgan fingerprint density at radius 3 is 2.43 bits per heavy atom. The van der Waals surface area contributed by atoms with Crippen LogP contribution in [0.1, 0.15) is 11.3 Å². The summed E-state index contributed by atoms with van der Waals surface area (Å²) in [5, 5.41) is 10.9. The molecule has 140 valence electrons. The zero-order valence-corrected chi connectivity index (χ0v) is 15.7. The number of imide groups is 1. The average Bonchev–Trinajstić information content (AvgIpc) is 3.26. The zero-order chi connectivity index (χ0) is 19.7. The Bertz CT molecular complexity index is 1070. The van der Waals surface area contributed by atoms with E-state index >= 15 is 0 Å². The van der Waals surface area contributed by atoms with Gasteiger partial charge >= 0.3 is 0 Å². The fourth-order valence-electron chi connectivity index (χ4n) is 2.82. The molecule has 0 atom stereocenters. The number of hydrogen-bond acceptors (Lipinski definition) is 5. The normalized spacial score (nSPS) is 14.1. The van der Waals surface area contributed by atoms with Crippen LogP contribution in [0.25, 0.3) is 5.69 Å². The van der Waals surface area contributed by atoms with Crippen molar-refractivity contribution in [2.45, 2.75) is 13.5 Å². The molecule has 0 aliphatic carbocycles. The van der Waals surface area contributed by atoms with Crippen LogP contribution in [0, 0.1) is 6.92 Å². The van der Waals surface area contributed by atoms with E-state index in [1.54, 1.807) is 10.9 Å². The highest BCUT2D eigenvalue weighted by atomic mass is 35.5. The average molecular weight is 394 g/mol. The number of amides is 2. The highest BCUT2D eigenvalue weighted by Crippen LogP contribution is 2.27. The molecule has 0 spiro atoms. The summed E-state index contributed by atoms with van der Waals surface area (Å²) in [5.41, 5.74) is 3.13. The number of anilines is 1. The third kappa shape index (κ3) is 3.39. The van der Waals surface area contributed by atoms with Gasteiger partial charge in [-0.05, 0) is 31.2 Å². The van der Waals surface area contributed by atoms with Crippen molar-refractivity contribution in [1.82, 2.24) is 19.9 Å². The zero-order valence-electron chi connectivity index (χ0n) is 15.0. The smallest absolute Gasteiger partial charge is 0.279 e. The third-order valence-corrected chi connectivity index (χ3v) is 4.66. The van der Waals surface area contributed by atoms with Gasteiger partial charge in [-0.1, -0.05) is 52.7 Å². The van der Waals surface area contributed by atoms with E-state index in [0.29, 0.717) is 11.4 Å². The van der Waals surface area contributed by atoms with Crippen LogP contribution in [-0.2, 0) is 16.1 Å². The fourth-order valence-corrected chi connectivity index (χ4v) is 3.05. The van der Waals surface area contributed by atoms with Crippen molar-refractivity contribution in [3.8, 4) is 5.69 Å². The number of hydrogen-bond donors (Lipinski definition) is 1. The van der Waals surface area contributed by atoms with Crippen LogP contribution >= 0.6 is 11.6 Å². The number of carbonyl (C=O) groups is 2. The molecule has 4 rings (SSSR count). The molecule has 28 heavy (non-hydrogen) atoms. The minimum absolute atomic E-state index is 0.0141. The van der Waals surface area contributed by atoms with Gasteiger partial charge < -0.3 is 5.32 Å². The summed E-state index contributed by atoms with van der Waals surface area (Å²) in [6, 6.07) is 16.9. The minimum Gasteiger partial charge on any atom is -0.350 e. The molecular formula is C20H16ClN5O2. The van der Waals surface area contributed by atoms with Crippen LogP contribution in [0.15, 0.2) is 71.5 Å². The number of halogens is 1. The molecule has 2 amide bonds. The van der Waals surface area contributed by atoms with Crippen molar-refractivity contribution in [3.63, 3.8) is 0 Å². The van der Waals surface area contributed by atoms with Gasteiger partial charge in [0.1, 0.15) is 16.4 Å². The molecule has 0 saturated heterocycles. The Morgan fingerprint density at radius 2 is 1.71 bits per heavy atom. The standard InChI is InChI=1S/C20H16ClN5O2/c1-13-7-9-14(10-8-13)22-18-17(21)19(27)25(20(18)28)11-15-12-26(24-23-15)16-5-3-2-4-6-16/h2-10,12,22H,11H2,1H3. The molecule has 0 bridgehead atoms. The lowest BCUT2D eigenvalue weighted by molar-refractivity contribution is -0.138. The van der Waals surface area contributed by atoms with Crippen molar-refractivity contribution >= 4 is 29.1 Å². The van der Waals surface area contributed by atoms with Gasteiger partial charge in [0.15, 0.2) is 0 Å². The van der Waals surface area contributed by atoms with E-state index in [1.165, 1.54) is 0 Å². The first kappa shape index (κ1) is 17.9. The highest BCUT2D eigenvalue weighted by molar-refractivity contribution is 6.48. The lowest BCUT2D eigenvalue weighted by atomic mass is 10.2. The number of aromatic nitrogens is 3. The summed E-state index contributed by atoms with van der Waals surface area (Å²) in [4.78, 5) is 26.2. The number of para-hydroxylation sites is 1. The Hall–Kier alpha value is -3.45. The first-order valence-corrected chi connectivity index (χ1v) is 8.97. The molecule has 0 saturated carbocycles. The van der Waals surface area contributed by atoms with Gasteiger partial charge in [0.25, 0.3) is 11.8 Å². The molecule has 7 nitrogen and oxygen atoms in total. The van der Waals surface area contributed by atoms with Crippen LogP contribution in [0.3, 0.4) is 0 Å². The van der Waals surface area contributed by atoms with E-state index < -0.39 is 11.8 Å². The molecule has 0 fully saturated rings. The highest BCUT2D eigenvalue weighted by Gasteiger charge is 2.38. The van der Waals surface area contributed by atoms with Crippen LogP contribution in [0.4, 0.5) is 5.69 Å². The number of nitrogens with zero attached hydrogens (tertiary/aromatic N) is 4. The molecule has 1 aromatic heterocycles. The van der Waals surface area contributed by atoms with E-state index in [1.807, 2.05) is 61.5 Å². The number of benzene rings is 2. The lowest BCUT2D eigenvalue weighted by Crippen LogP contribution is -2.32. The second kappa shape index (κ2) is 7.28. The van der Waals surface area contributed by atoms with E-state index in [0.717, 1.165) is 16.2 Å². The largest absolute Gasteiger partial charge is 0.350 e. The maximum Gasteiger partial charge on any atom is 0.279 e. The SMILES string of the molecule is Cc1ccc(NC2=C(Cl)C(=O)N(Cc3cn(-c4ccccc4)nn3)C2=O)cc1. The van der Waals surface area contributed by atoms with Crippen molar-refractivity contribution in [2.24, 2.45) is 0 Å². The van der Waals surface area contributed by atoms with Gasteiger partial charge in [-0.15, -0.1) is 5.10 Å². The van der Waals surface area contributed by atoms with Crippen LogP contribution in [-0.4, -0.2) is 31.7 Å². The minimum atomic E-state index is -0.560. The Balaban J connectivity index is 1.51. The van der Waals surface area contributed by atoms with Crippen molar-refractivity contribution < 1.29 is 9.59 Å². The Labute approximate surface area is 166 Å². The number of aryl methyl sites for hydroxylation is 1. The summed E-state index contributed by atoms with van der Waals surface area (Å²) in [6.45, 7) is 1.95. The van der Waals surface area contributed by atoms with Crippen molar-refractivity contribution in [2.75, 3.05) is 5.32 Å². The number of nitrogens with one attached hydrogen (secondary N) is 1. The van der Waals surface area contributed by atoms with E-state index in [4.69, 9.17) is 11.6 Å².